The van der Waals surface area contributed by atoms with Crippen LogP contribution in [0.1, 0.15) is 26.7 Å². The maximum atomic E-state index is 10.6. The van der Waals surface area contributed by atoms with E-state index in [0.29, 0.717) is 13.2 Å². The fourth-order valence-corrected chi connectivity index (χ4v) is 3.16. The molecular formula is C9H20O4Si. The predicted molar refractivity (Wildman–Crippen MR) is 56.5 cm³/mol. The second kappa shape index (κ2) is 6.97. The van der Waals surface area contributed by atoms with Crippen molar-refractivity contribution in [3.05, 3.63) is 0 Å². The molecule has 0 unspecified atom stereocenters. The third-order valence-corrected chi connectivity index (χ3v) is 4.27. The first kappa shape index (κ1) is 13.6. The number of hydrogen-bond donors (Lipinski definition) is 1. The van der Waals surface area contributed by atoms with E-state index in [0.717, 1.165) is 12.8 Å². The number of carboxylic acid groups (broad SMARTS) is 1. The Hall–Kier alpha value is -0.393. The molecule has 0 radical (unpaired) electrons. The summed E-state index contributed by atoms with van der Waals surface area (Å²) in [6, 6.07) is 0.0208. The Morgan fingerprint density at radius 3 is 1.93 bits per heavy atom. The Morgan fingerprint density at radius 2 is 1.64 bits per heavy atom. The molecule has 1 N–H and O–H groups in total. The van der Waals surface area contributed by atoms with Crippen molar-refractivity contribution >= 4 is 14.5 Å². The topological polar surface area (TPSA) is 55.8 Å². The van der Waals surface area contributed by atoms with Gasteiger partial charge in [-0.3, -0.25) is 4.79 Å². The van der Waals surface area contributed by atoms with Crippen molar-refractivity contribution in [2.45, 2.75) is 39.3 Å². The van der Waals surface area contributed by atoms with E-state index in [2.05, 4.69) is 0 Å². The second-order valence-corrected chi connectivity index (χ2v) is 6.60. The summed E-state index contributed by atoms with van der Waals surface area (Å²) in [6.45, 7) is 6.97. The van der Waals surface area contributed by atoms with Crippen molar-refractivity contribution in [2.24, 2.45) is 0 Å². The monoisotopic (exact) mass is 220 g/mol. The highest BCUT2D eigenvalue weighted by atomic mass is 28.4. The molecule has 0 aromatic rings. The summed E-state index contributed by atoms with van der Waals surface area (Å²) >= 11 is 0. The van der Waals surface area contributed by atoms with Gasteiger partial charge in [0.1, 0.15) is 0 Å². The van der Waals surface area contributed by atoms with E-state index in [9.17, 15) is 4.79 Å². The summed E-state index contributed by atoms with van der Waals surface area (Å²) in [5, 5.41) is 8.72. The number of hydrogen-bond acceptors (Lipinski definition) is 3. The standard InChI is InChI=1S/C9H20O4Si/c1-4-6-12-14(3,8-9(10)11)13-7-5-2/h4-8H2,1-3H3,(H,10,11). The fourth-order valence-electron chi connectivity index (χ4n) is 1.05. The summed E-state index contributed by atoms with van der Waals surface area (Å²) in [5.41, 5.74) is 0. The first-order chi connectivity index (χ1) is 6.54. The van der Waals surface area contributed by atoms with Crippen LogP contribution in [0.15, 0.2) is 0 Å². The second-order valence-electron chi connectivity index (χ2n) is 3.40. The SMILES string of the molecule is CCCO[Si](C)(CC(=O)O)OCCC. The Bertz CT molecular complexity index is 164. The highest BCUT2D eigenvalue weighted by Crippen LogP contribution is 2.14. The first-order valence-corrected chi connectivity index (χ1v) is 7.56. The predicted octanol–water partition coefficient (Wildman–Crippen LogP) is 2.00. The lowest BCUT2D eigenvalue weighted by Crippen LogP contribution is -2.41. The lowest BCUT2D eigenvalue weighted by atomic mass is 10.5. The molecule has 0 amide bonds. The molecule has 0 aliphatic carbocycles. The minimum absolute atomic E-state index is 0.0208. The van der Waals surface area contributed by atoms with Crippen LogP contribution in [0.25, 0.3) is 0 Å². The lowest BCUT2D eigenvalue weighted by Gasteiger charge is -2.25. The summed E-state index contributed by atoms with van der Waals surface area (Å²) in [4.78, 5) is 10.6. The van der Waals surface area contributed by atoms with E-state index in [1.54, 1.807) is 0 Å². The van der Waals surface area contributed by atoms with Gasteiger partial charge in [-0.25, -0.2) is 0 Å². The van der Waals surface area contributed by atoms with E-state index in [1.165, 1.54) is 0 Å². The summed E-state index contributed by atoms with van der Waals surface area (Å²) in [7, 11) is -2.45. The van der Waals surface area contributed by atoms with Gasteiger partial charge >= 0.3 is 14.5 Å². The molecule has 5 heteroatoms. The number of aliphatic carboxylic acids is 1. The van der Waals surface area contributed by atoms with Crippen molar-refractivity contribution in [1.82, 2.24) is 0 Å². The molecular weight excluding hydrogens is 200 g/mol. The minimum atomic E-state index is -2.45. The molecule has 0 aromatic carbocycles. The van der Waals surface area contributed by atoms with E-state index >= 15 is 0 Å². The zero-order valence-corrected chi connectivity index (χ0v) is 10.2. The van der Waals surface area contributed by atoms with Crippen LogP contribution in [0, 0.1) is 0 Å². The van der Waals surface area contributed by atoms with Crippen LogP contribution < -0.4 is 0 Å². The van der Waals surface area contributed by atoms with Crippen LogP contribution in [0.2, 0.25) is 12.6 Å². The maximum absolute atomic E-state index is 10.6. The van der Waals surface area contributed by atoms with Gasteiger partial charge in [-0.1, -0.05) is 13.8 Å². The van der Waals surface area contributed by atoms with Gasteiger partial charge in [0.05, 0.1) is 6.04 Å². The van der Waals surface area contributed by atoms with Gasteiger partial charge < -0.3 is 14.0 Å². The normalized spacial score (nSPS) is 11.6. The van der Waals surface area contributed by atoms with Gasteiger partial charge in [-0.05, 0) is 19.4 Å². The van der Waals surface area contributed by atoms with Crippen LogP contribution in [0.3, 0.4) is 0 Å². The molecule has 0 rings (SSSR count). The molecule has 0 fully saturated rings. The first-order valence-electron chi connectivity index (χ1n) is 5.03. The zero-order chi connectivity index (χ0) is 11.0. The minimum Gasteiger partial charge on any atom is -0.481 e. The van der Waals surface area contributed by atoms with E-state index in [1.807, 2.05) is 20.4 Å². The molecule has 84 valence electrons. The molecule has 14 heavy (non-hydrogen) atoms. The third kappa shape index (κ3) is 6.12. The van der Waals surface area contributed by atoms with Gasteiger partial charge in [0, 0.05) is 13.2 Å². The Kier molecular flexibility index (Phi) is 6.78. The van der Waals surface area contributed by atoms with Crippen LogP contribution in [0.4, 0.5) is 0 Å². The van der Waals surface area contributed by atoms with Crippen molar-refractivity contribution in [3.63, 3.8) is 0 Å². The summed E-state index contributed by atoms with van der Waals surface area (Å²) in [6.07, 6.45) is 1.77. The van der Waals surface area contributed by atoms with Crippen molar-refractivity contribution in [1.29, 1.82) is 0 Å². The van der Waals surface area contributed by atoms with Crippen molar-refractivity contribution in [2.75, 3.05) is 13.2 Å². The molecule has 0 saturated carbocycles. The third-order valence-electron chi connectivity index (χ3n) is 1.70. The molecule has 0 spiro atoms. The van der Waals surface area contributed by atoms with Gasteiger partial charge in [0.15, 0.2) is 0 Å². The quantitative estimate of drug-likeness (QED) is 0.636. The number of carboxylic acids is 1. The Balaban J connectivity index is 4.09. The summed E-state index contributed by atoms with van der Waals surface area (Å²) in [5.74, 6) is -0.841. The number of rotatable bonds is 8. The van der Waals surface area contributed by atoms with Crippen LogP contribution in [-0.4, -0.2) is 32.9 Å². The van der Waals surface area contributed by atoms with Gasteiger partial charge in [0.2, 0.25) is 0 Å². The highest BCUT2D eigenvalue weighted by Gasteiger charge is 2.34. The van der Waals surface area contributed by atoms with Gasteiger partial charge in [-0.15, -0.1) is 0 Å². The average Bonchev–Trinajstić information content (AvgIpc) is 2.11. The van der Waals surface area contributed by atoms with Crippen LogP contribution >= 0.6 is 0 Å². The largest absolute Gasteiger partial charge is 0.481 e. The van der Waals surface area contributed by atoms with Crippen LogP contribution in [0.5, 0.6) is 0 Å². The van der Waals surface area contributed by atoms with Gasteiger partial charge in [0.25, 0.3) is 0 Å². The molecule has 0 aliphatic heterocycles. The molecule has 0 bridgehead atoms. The molecule has 0 heterocycles. The van der Waals surface area contributed by atoms with E-state index in [-0.39, 0.29) is 6.04 Å². The smallest absolute Gasteiger partial charge is 0.346 e. The molecule has 0 aromatic heterocycles. The Morgan fingerprint density at radius 1 is 1.21 bits per heavy atom. The van der Waals surface area contributed by atoms with Crippen molar-refractivity contribution < 1.29 is 18.8 Å². The molecule has 4 nitrogen and oxygen atoms in total. The maximum Gasteiger partial charge on any atom is 0.346 e. The fraction of sp³-hybridized carbons (Fsp3) is 0.889. The summed E-state index contributed by atoms with van der Waals surface area (Å²) < 4.78 is 11.1. The van der Waals surface area contributed by atoms with Crippen molar-refractivity contribution in [3.8, 4) is 0 Å². The zero-order valence-electron chi connectivity index (χ0n) is 9.21. The van der Waals surface area contributed by atoms with Crippen LogP contribution in [-0.2, 0) is 13.6 Å². The molecule has 0 aliphatic rings. The van der Waals surface area contributed by atoms with E-state index in [4.69, 9.17) is 14.0 Å². The Labute approximate surface area is 86.5 Å². The number of carbonyl (C=O) groups is 1. The average molecular weight is 220 g/mol. The van der Waals surface area contributed by atoms with E-state index < -0.39 is 14.5 Å². The van der Waals surface area contributed by atoms with Gasteiger partial charge in [-0.2, -0.15) is 0 Å². The highest BCUT2D eigenvalue weighted by molar-refractivity contribution is 6.69. The molecule has 0 saturated heterocycles. The lowest BCUT2D eigenvalue weighted by molar-refractivity contribution is -0.135. The molecule has 0 atom stereocenters.